The molecule has 1 aliphatic rings. The van der Waals surface area contributed by atoms with Crippen molar-refractivity contribution in [3.8, 4) is 0 Å². The lowest BCUT2D eigenvalue weighted by Crippen LogP contribution is -2.09. The predicted octanol–water partition coefficient (Wildman–Crippen LogP) is 3.18. The molecule has 2 N–H and O–H groups in total. The molecule has 0 amide bonds. The Kier molecular flexibility index (Phi) is 3.16. The highest BCUT2D eigenvalue weighted by Gasteiger charge is 2.22. The Balaban J connectivity index is 2.16. The topological polar surface area (TPSA) is 51.8 Å². The molecule has 3 nitrogen and oxygen atoms in total. The first kappa shape index (κ1) is 12.2. The molecule has 2 aromatic heterocycles. The Bertz CT molecular complexity index is 593. The summed E-state index contributed by atoms with van der Waals surface area (Å²) in [6, 6.07) is 0. The zero-order valence-electron chi connectivity index (χ0n) is 10.4. The summed E-state index contributed by atoms with van der Waals surface area (Å²) in [5.74, 6) is 2.70. The molecule has 0 aliphatic heterocycles. The fourth-order valence-electron chi connectivity index (χ4n) is 2.61. The molecule has 3 rings (SSSR count). The average molecular weight is 282 g/mol. The van der Waals surface area contributed by atoms with Gasteiger partial charge >= 0.3 is 0 Å². The van der Waals surface area contributed by atoms with E-state index < -0.39 is 0 Å². The first-order chi connectivity index (χ1) is 8.69. The van der Waals surface area contributed by atoms with Crippen LogP contribution in [0, 0.1) is 5.92 Å². The quantitative estimate of drug-likeness (QED) is 0.860. The maximum atomic E-state index is 6.10. The number of nitrogens with two attached hydrogens (primary N) is 1. The number of aromatic nitrogens is 2. The van der Waals surface area contributed by atoms with Crippen molar-refractivity contribution in [2.24, 2.45) is 5.92 Å². The van der Waals surface area contributed by atoms with Crippen LogP contribution in [0.2, 0.25) is 0 Å². The summed E-state index contributed by atoms with van der Waals surface area (Å²) in [6.45, 7) is 2.31. The van der Waals surface area contributed by atoms with Crippen LogP contribution < -0.4 is 5.73 Å². The maximum absolute atomic E-state index is 6.10. The van der Waals surface area contributed by atoms with E-state index in [0.29, 0.717) is 18.1 Å². The number of halogens is 1. The number of aryl methyl sites for hydroxylation is 2. The van der Waals surface area contributed by atoms with Crippen LogP contribution in [0.5, 0.6) is 0 Å². The number of nitrogen functional groups attached to an aromatic ring is 1. The second-order valence-electron chi connectivity index (χ2n) is 5.00. The molecule has 0 spiro atoms. The van der Waals surface area contributed by atoms with E-state index in [1.54, 1.807) is 11.3 Å². The van der Waals surface area contributed by atoms with Crippen LogP contribution in [0.3, 0.4) is 0 Å². The van der Waals surface area contributed by atoms with Gasteiger partial charge in [-0.1, -0.05) is 6.92 Å². The summed E-state index contributed by atoms with van der Waals surface area (Å²) < 4.78 is 0. The summed E-state index contributed by atoms with van der Waals surface area (Å²) in [7, 11) is 0. The third kappa shape index (κ3) is 1.97. The van der Waals surface area contributed by atoms with Gasteiger partial charge in [-0.25, -0.2) is 9.97 Å². The van der Waals surface area contributed by atoms with E-state index in [2.05, 4.69) is 16.9 Å². The number of nitrogens with zero attached hydrogens (tertiary/aromatic N) is 2. The minimum absolute atomic E-state index is 0.535. The fraction of sp³-hybridized carbons (Fsp3) is 0.538. The Morgan fingerprint density at radius 2 is 2.28 bits per heavy atom. The van der Waals surface area contributed by atoms with E-state index in [1.807, 2.05) is 0 Å². The lowest BCUT2D eigenvalue weighted by atomic mass is 9.89. The van der Waals surface area contributed by atoms with Crippen molar-refractivity contribution >= 4 is 39.0 Å². The lowest BCUT2D eigenvalue weighted by Gasteiger charge is -2.17. The summed E-state index contributed by atoms with van der Waals surface area (Å²) in [5.41, 5.74) is 7.49. The maximum Gasteiger partial charge on any atom is 0.136 e. The predicted molar refractivity (Wildman–Crippen MR) is 77.4 cm³/mol. The van der Waals surface area contributed by atoms with Gasteiger partial charge in [0.1, 0.15) is 16.5 Å². The second kappa shape index (κ2) is 4.67. The van der Waals surface area contributed by atoms with E-state index >= 15 is 0 Å². The zero-order valence-corrected chi connectivity index (χ0v) is 11.9. The highest BCUT2D eigenvalue weighted by molar-refractivity contribution is 7.19. The molecule has 0 bridgehead atoms. The van der Waals surface area contributed by atoms with Gasteiger partial charge in [0.05, 0.1) is 5.39 Å². The minimum Gasteiger partial charge on any atom is -0.383 e. The molecule has 0 saturated heterocycles. The van der Waals surface area contributed by atoms with Crippen molar-refractivity contribution in [2.45, 2.75) is 32.6 Å². The molecule has 0 aromatic carbocycles. The van der Waals surface area contributed by atoms with Crippen LogP contribution in [0.15, 0.2) is 0 Å². The Morgan fingerprint density at radius 1 is 1.44 bits per heavy atom. The van der Waals surface area contributed by atoms with E-state index in [-0.39, 0.29) is 0 Å². The molecular weight excluding hydrogens is 266 g/mol. The van der Waals surface area contributed by atoms with Crippen LogP contribution >= 0.6 is 22.9 Å². The van der Waals surface area contributed by atoms with Crippen molar-refractivity contribution in [3.63, 3.8) is 0 Å². The first-order valence-electron chi connectivity index (χ1n) is 6.31. The summed E-state index contributed by atoms with van der Waals surface area (Å²) >= 11 is 7.53. The van der Waals surface area contributed by atoms with Gasteiger partial charge in [0.2, 0.25) is 0 Å². The number of fused-ring (bicyclic) bond motifs is 3. The molecule has 2 heterocycles. The second-order valence-corrected chi connectivity index (χ2v) is 6.46. The van der Waals surface area contributed by atoms with Crippen LogP contribution in [-0.4, -0.2) is 15.8 Å². The average Bonchev–Trinajstić information content (AvgIpc) is 2.66. The Labute approximate surface area is 115 Å². The normalized spacial score (nSPS) is 19.1. The molecule has 1 atom stereocenters. The van der Waals surface area contributed by atoms with Crippen LogP contribution in [-0.2, 0) is 19.3 Å². The molecule has 0 fully saturated rings. The molecule has 5 heteroatoms. The smallest absolute Gasteiger partial charge is 0.136 e. The largest absolute Gasteiger partial charge is 0.383 e. The Morgan fingerprint density at radius 3 is 3.06 bits per heavy atom. The van der Waals surface area contributed by atoms with E-state index in [9.17, 15) is 0 Å². The molecule has 96 valence electrons. The third-order valence-corrected chi connectivity index (χ3v) is 4.88. The monoisotopic (exact) mass is 281 g/mol. The van der Waals surface area contributed by atoms with E-state index in [0.717, 1.165) is 34.8 Å². The van der Waals surface area contributed by atoms with Gasteiger partial charge in [-0.05, 0) is 30.7 Å². The molecule has 2 aromatic rings. The van der Waals surface area contributed by atoms with Crippen molar-refractivity contribution in [1.29, 1.82) is 0 Å². The number of anilines is 1. The van der Waals surface area contributed by atoms with Crippen LogP contribution in [0.25, 0.3) is 10.2 Å². The first-order valence-corrected chi connectivity index (χ1v) is 7.66. The number of thiophene rings is 1. The van der Waals surface area contributed by atoms with Crippen LogP contribution in [0.1, 0.15) is 29.6 Å². The molecule has 18 heavy (non-hydrogen) atoms. The van der Waals surface area contributed by atoms with Gasteiger partial charge in [0, 0.05) is 17.2 Å². The standard InChI is InChI=1S/C13H16ClN3S/c1-7-2-3-8-9(6-7)18-13-11(8)12(15)16-10(17-13)4-5-14/h7H,2-6H2,1H3,(H2,15,16,17)/t7-/m0/s1. The SMILES string of the molecule is C[C@H]1CCc2c(sc3nc(CCCl)nc(N)c23)C1. The molecule has 1 aliphatic carbocycles. The van der Waals surface area contributed by atoms with Crippen molar-refractivity contribution in [3.05, 3.63) is 16.3 Å². The number of hydrogen-bond donors (Lipinski definition) is 1. The van der Waals surface area contributed by atoms with Crippen molar-refractivity contribution in [1.82, 2.24) is 9.97 Å². The third-order valence-electron chi connectivity index (χ3n) is 3.55. The fourth-order valence-corrected chi connectivity index (χ4v) is 4.19. The highest BCUT2D eigenvalue weighted by atomic mass is 35.5. The summed E-state index contributed by atoms with van der Waals surface area (Å²) in [6.07, 6.45) is 4.18. The minimum atomic E-state index is 0.535. The highest BCUT2D eigenvalue weighted by Crippen LogP contribution is 2.39. The van der Waals surface area contributed by atoms with Gasteiger partial charge in [-0.3, -0.25) is 0 Å². The molecular formula is C13H16ClN3S. The van der Waals surface area contributed by atoms with E-state index in [1.165, 1.54) is 16.9 Å². The lowest BCUT2D eigenvalue weighted by molar-refractivity contribution is 0.509. The zero-order chi connectivity index (χ0) is 12.7. The van der Waals surface area contributed by atoms with Crippen LogP contribution in [0.4, 0.5) is 5.82 Å². The molecule has 0 unspecified atom stereocenters. The van der Waals surface area contributed by atoms with Gasteiger partial charge in [0.15, 0.2) is 0 Å². The number of alkyl halides is 1. The van der Waals surface area contributed by atoms with Gasteiger partial charge < -0.3 is 5.73 Å². The molecule has 0 radical (unpaired) electrons. The van der Waals surface area contributed by atoms with Gasteiger partial charge in [0.25, 0.3) is 0 Å². The summed E-state index contributed by atoms with van der Waals surface area (Å²) in [4.78, 5) is 11.5. The number of rotatable bonds is 2. The summed E-state index contributed by atoms with van der Waals surface area (Å²) in [5, 5.41) is 1.10. The molecule has 0 saturated carbocycles. The van der Waals surface area contributed by atoms with Crippen molar-refractivity contribution < 1.29 is 0 Å². The van der Waals surface area contributed by atoms with Crippen molar-refractivity contribution in [2.75, 3.05) is 11.6 Å². The van der Waals surface area contributed by atoms with Gasteiger partial charge in [-0.2, -0.15) is 0 Å². The van der Waals surface area contributed by atoms with E-state index in [4.69, 9.17) is 17.3 Å². The number of hydrogen-bond acceptors (Lipinski definition) is 4. The van der Waals surface area contributed by atoms with Gasteiger partial charge in [-0.15, -0.1) is 22.9 Å². The Hall–Kier alpha value is -0.870.